The highest BCUT2D eigenvalue weighted by Gasteiger charge is 2.04. The molecule has 6 nitrogen and oxygen atoms in total. The van der Waals surface area contributed by atoms with Crippen LogP contribution in [0.25, 0.3) is 0 Å². The van der Waals surface area contributed by atoms with Crippen molar-refractivity contribution in [1.29, 1.82) is 0 Å². The van der Waals surface area contributed by atoms with Crippen molar-refractivity contribution in [1.82, 2.24) is 0 Å². The summed E-state index contributed by atoms with van der Waals surface area (Å²) in [5.74, 6) is -1.00. The van der Waals surface area contributed by atoms with Crippen molar-refractivity contribution >= 4 is 5.97 Å². The third kappa shape index (κ3) is 17.4. The molecular weight excluding hydrogens is 190 g/mol. The minimum Gasteiger partial charge on any atom is -0.544 e. The highest BCUT2D eigenvalue weighted by molar-refractivity contribution is 5.65. The molecule has 0 aliphatic carbocycles. The lowest BCUT2D eigenvalue weighted by atomic mass is 10.4. The Morgan fingerprint density at radius 1 is 1.29 bits per heavy atom. The Balaban J connectivity index is 0. The topological polar surface area (TPSA) is 101 Å². The Labute approximate surface area is 83.6 Å². The number of aliphatic hydroxyl groups is 3. The zero-order valence-electron chi connectivity index (χ0n) is 8.80. The summed E-state index contributed by atoms with van der Waals surface area (Å²) in [5, 5.41) is 33.9. The van der Waals surface area contributed by atoms with E-state index < -0.39 is 12.1 Å². The van der Waals surface area contributed by atoms with E-state index in [1.54, 1.807) is 21.1 Å². The van der Waals surface area contributed by atoms with Gasteiger partial charge in [-0.3, -0.25) is 0 Å². The molecule has 0 saturated carbocycles. The lowest BCUT2D eigenvalue weighted by molar-refractivity contribution is -0.864. The standard InChI is InChI=1S/C5H11NO2.C3H8O3/c1-6(2,3)4-5(7)8;4-1-3(6)2-5/h4H2,1-3H3;3-6H,1-2H2. The van der Waals surface area contributed by atoms with Crippen LogP contribution in [-0.4, -0.2) is 72.8 Å². The number of carbonyl (C=O) groups excluding carboxylic acids is 1. The Morgan fingerprint density at radius 3 is 1.64 bits per heavy atom. The van der Waals surface area contributed by atoms with Crippen LogP contribution < -0.4 is 5.11 Å². The second-order valence-corrected chi connectivity index (χ2v) is 3.84. The fraction of sp³-hybridized carbons (Fsp3) is 0.875. The Hall–Kier alpha value is -0.690. The molecule has 0 aromatic rings. The number of nitrogens with zero attached hydrogens (tertiary/aromatic N) is 1. The molecule has 0 bridgehead atoms. The summed E-state index contributed by atoms with van der Waals surface area (Å²) in [6.45, 7) is -0.660. The Bertz CT molecular complexity index is 150. The van der Waals surface area contributed by atoms with E-state index in [-0.39, 0.29) is 19.8 Å². The van der Waals surface area contributed by atoms with Crippen LogP contribution in [0.3, 0.4) is 0 Å². The van der Waals surface area contributed by atoms with Crippen molar-refractivity contribution in [2.45, 2.75) is 6.10 Å². The first-order chi connectivity index (χ1) is 6.22. The van der Waals surface area contributed by atoms with E-state index in [9.17, 15) is 9.90 Å². The molecule has 0 aliphatic heterocycles. The molecule has 0 aromatic heterocycles. The molecule has 0 fully saturated rings. The van der Waals surface area contributed by atoms with Crippen LogP contribution in [0, 0.1) is 0 Å². The lowest BCUT2D eigenvalue weighted by Crippen LogP contribution is -2.45. The SMILES string of the molecule is C[N+](C)(C)CC(=O)[O-].OCC(O)CO. The summed E-state index contributed by atoms with van der Waals surface area (Å²) in [5.41, 5.74) is 0. The number of carbonyl (C=O) groups is 1. The highest BCUT2D eigenvalue weighted by Crippen LogP contribution is 1.84. The number of carboxylic acid groups (broad SMARTS) is 1. The van der Waals surface area contributed by atoms with Gasteiger partial charge in [0.2, 0.25) is 0 Å². The Morgan fingerprint density at radius 2 is 1.64 bits per heavy atom. The molecule has 0 heterocycles. The highest BCUT2D eigenvalue weighted by atomic mass is 16.4. The van der Waals surface area contributed by atoms with E-state index in [1.165, 1.54) is 0 Å². The van der Waals surface area contributed by atoms with Crippen molar-refractivity contribution in [3.8, 4) is 0 Å². The van der Waals surface area contributed by atoms with Gasteiger partial charge >= 0.3 is 0 Å². The average molecular weight is 209 g/mol. The molecule has 3 N–H and O–H groups in total. The van der Waals surface area contributed by atoms with Crippen LogP contribution in [0.2, 0.25) is 0 Å². The summed E-state index contributed by atoms with van der Waals surface area (Å²) >= 11 is 0. The van der Waals surface area contributed by atoms with Crippen molar-refractivity contribution in [2.75, 3.05) is 40.9 Å². The van der Waals surface area contributed by atoms with Gasteiger partial charge in [0, 0.05) is 0 Å². The molecule has 0 rings (SSSR count). The van der Waals surface area contributed by atoms with Gasteiger partial charge in [0.25, 0.3) is 0 Å². The normalized spacial score (nSPS) is 10.8. The van der Waals surface area contributed by atoms with Gasteiger partial charge in [0.15, 0.2) is 0 Å². The Kier molecular flexibility index (Phi) is 8.66. The second-order valence-electron chi connectivity index (χ2n) is 3.84. The maximum atomic E-state index is 9.89. The number of carboxylic acids is 1. The van der Waals surface area contributed by atoms with E-state index in [0.29, 0.717) is 4.48 Å². The molecule has 0 radical (unpaired) electrons. The van der Waals surface area contributed by atoms with Gasteiger partial charge in [-0.05, 0) is 0 Å². The third-order valence-electron chi connectivity index (χ3n) is 1.02. The van der Waals surface area contributed by atoms with Crippen molar-refractivity contribution in [3.05, 3.63) is 0 Å². The molecule has 0 atom stereocenters. The van der Waals surface area contributed by atoms with E-state index in [1.807, 2.05) is 0 Å². The van der Waals surface area contributed by atoms with E-state index in [0.717, 1.165) is 0 Å². The van der Waals surface area contributed by atoms with Crippen molar-refractivity contribution in [2.24, 2.45) is 0 Å². The predicted octanol–water partition coefficient (Wildman–Crippen LogP) is -3.23. The zero-order chi connectivity index (χ0) is 11.8. The zero-order valence-corrected chi connectivity index (χ0v) is 8.80. The maximum absolute atomic E-state index is 9.89. The summed E-state index contributed by atoms with van der Waals surface area (Å²) in [4.78, 5) is 9.89. The number of rotatable bonds is 4. The fourth-order valence-corrected chi connectivity index (χ4v) is 0.445. The largest absolute Gasteiger partial charge is 0.544 e. The number of aliphatic carboxylic acids is 1. The number of aliphatic hydroxyl groups excluding tert-OH is 3. The lowest BCUT2D eigenvalue weighted by Gasteiger charge is -2.23. The summed E-state index contributed by atoms with van der Waals surface area (Å²) in [6, 6.07) is 0. The number of hydrogen-bond acceptors (Lipinski definition) is 5. The second kappa shape index (κ2) is 7.69. The molecular formula is C8H19NO5. The van der Waals surface area contributed by atoms with E-state index >= 15 is 0 Å². The van der Waals surface area contributed by atoms with Crippen molar-refractivity contribution in [3.63, 3.8) is 0 Å². The summed E-state index contributed by atoms with van der Waals surface area (Å²) < 4.78 is 0.419. The molecule has 0 saturated heterocycles. The minimum absolute atomic E-state index is 0.0694. The summed E-state index contributed by atoms with van der Waals surface area (Å²) in [7, 11) is 5.40. The molecule has 0 amide bonds. The minimum atomic E-state index is -1.00. The number of likely N-dealkylation sites (N-methyl/N-ethyl adjacent to an activating group) is 1. The quantitative estimate of drug-likeness (QED) is 0.423. The van der Waals surface area contributed by atoms with Gasteiger partial charge in [-0.1, -0.05) is 0 Å². The predicted molar refractivity (Wildman–Crippen MR) is 48.1 cm³/mol. The number of hydrogen-bond donors (Lipinski definition) is 3. The number of quaternary nitrogens is 1. The van der Waals surface area contributed by atoms with Crippen LogP contribution >= 0.6 is 0 Å². The molecule has 14 heavy (non-hydrogen) atoms. The molecule has 0 aliphatic rings. The first-order valence-electron chi connectivity index (χ1n) is 4.13. The van der Waals surface area contributed by atoms with E-state index in [4.69, 9.17) is 15.3 Å². The fourth-order valence-electron chi connectivity index (χ4n) is 0.445. The molecule has 0 spiro atoms. The van der Waals surface area contributed by atoms with Gasteiger partial charge < -0.3 is 29.7 Å². The first kappa shape index (κ1) is 15.8. The first-order valence-corrected chi connectivity index (χ1v) is 4.13. The van der Waals surface area contributed by atoms with Crippen LogP contribution in [0.1, 0.15) is 0 Å². The monoisotopic (exact) mass is 209 g/mol. The maximum Gasteiger partial charge on any atom is 0.118 e. The van der Waals surface area contributed by atoms with Gasteiger partial charge in [0.05, 0.1) is 40.3 Å². The van der Waals surface area contributed by atoms with Crippen LogP contribution in [0.4, 0.5) is 0 Å². The average Bonchev–Trinajstić information content (AvgIpc) is 1.99. The van der Waals surface area contributed by atoms with Crippen molar-refractivity contribution < 1.29 is 29.7 Å². The molecule has 86 valence electrons. The smallest absolute Gasteiger partial charge is 0.118 e. The van der Waals surface area contributed by atoms with Crippen LogP contribution in [0.15, 0.2) is 0 Å². The molecule has 0 unspecified atom stereocenters. The van der Waals surface area contributed by atoms with Gasteiger partial charge in [0.1, 0.15) is 12.6 Å². The van der Waals surface area contributed by atoms with Gasteiger partial charge in [-0.2, -0.15) is 0 Å². The molecule has 6 heteroatoms. The molecule has 0 aromatic carbocycles. The van der Waals surface area contributed by atoms with Gasteiger partial charge in [-0.25, -0.2) is 0 Å². The van der Waals surface area contributed by atoms with E-state index in [2.05, 4.69) is 0 Å². The van der Waals surface area contributed by atoms with Crippen LogP contribution in [-0.2, 0) is 4.79 Å². The summed E-state index contributed by atoms with van der Waals surface area (Å²) in [6.07, 6.45) is -0.954. The third-order valence-corrected chi connectivity index (χ3v) is 1.02. The van der Waals surface area contributed by atoms with Gasteiger partial charge in [-0.15, -0.1) is 0 Å². The van der Waals surface area contributed by atoms with Crippen LogP contribution in [0.5, 0.6) is 0 Å².